The van der Waals surface area contributed by atoms with Crippen LogP contribution in [0.4, 0.5) is 5.69 Å². The number of amides is 3. The molecule has 3 atom stereocenters. The molecule has 1 N–H and O–H groups in total. The highest BCUT2D eigenvalue weighted by atomic mass is 16.5. The smallest absolute Gasteiger partial charge is 0.308 e. The summed E-state index contributed by atoms with van der Waals surface area (Å²) in [5, 5.41) is 11.4. The van der Waals surface area contributed by atoms with Gasteiger partial charge in [-0.25, -0.2) is 0 Å². The van der Waals surface area contributed by atoms with Crippen LogP contribution in [0.25, 0.3) is 0 Å². The molecule has 1 heterocycles. The lowest BCUT2D eigenvalue weighted by Gasteiger charge is -2.19. The Balaban J connectivity index is 1.47. The monoisotopic (exact) mass is 397 g/mol. The van der Waals surface area contributed by atoms with Crippen molar-refractivity contribution in [1.29, 1.82) is 5.26 Å². The highest BCUT2D eigenvalue weighted by Crippen LogP contribution is 2.37. The lowest BCUT2D eigenvalue weighted by molar-refractivity contribution is -0.154. The van der Waals surface area contributed by atoms with Gasteiger partial charge in [-0.1, -0.05) is 12.8 Å². The van der Waals surface area contributed by atoms with Crippen molar-refractivity contribution in [3.63, 3.8) is 0 Å². The second-order valence-electron chi connectivity index (χ2n) is 7.39. The second kappa shape index (κ2) is 8.86. The fraction of sp³-hybridized carbons (Fsp3) is 0.476. The SMILES string of the molecule is C[C@H](OC(=O)CCN1C(=O)[C@@H]2CCCC[C@H]2C1=O)C(=O)Nc1ccc(C#N)cc1. The number of carbonyl (C=O) groups excluding carboxylic acids is 4. The van der Waals surface area contributed by atoms with Gasteiger partial charge in [-0.2, -0.15) is 5.26 Å². The van der Waals surface area contributed by atoms with E-state index in [2.05, 4.69) is 5.32 Å². The number of benzene rings is 1. The summed E-state index contributed by atoms with van der Waals surface area (Å²) in [6.07, 6.45) is 2.16. The highest BCUT2D eigenvalue weighted by Gasteiger charge is 2.47. The summed E-state index contributed by atoms with van der Waals surface area (Å²) in [4.78, 5) is 50.2. The number of hydrogen-bond donors (Lipinski definition) is 1. The quantitative estimate of drug-likeness (QED) is 0.580. The molecule has 2 aliphatic rings. The molecule has 8 heteroatoms. The maximum absolute atomic E-state index is 12.4. The van der Waals surface area contributed by atoms with Gasteiger partial charge in [-0.15, -0.1) is 0 Å². The van der Waals surface area contributed by atoms with E-state index in [1.54, 1.807) is 24.3 Å². The van der Waals surface area contributed by atoms with E-state index in [1.807, 2.05) is 6.07 Å². The molecule has 1 saturated heterocycles. The van der Waals surface area contributed by atoms with Crippen LogP contribution >= 0.6 is 0 Å². The Labute approximate surface area is 168 Å². The lowest BCUT2D eigenvalue weighted by atomic mass is 9.81. The summed E-state index contributed by atoms with van der Waals surface area (Å²) in [5.41, 5.74) is 0.945. The van der Waals surface area contributed by atoms with Crippen molar-refractivity contribution in [2.24, 2.45) is 11.8 Å². The molecule has 0 bridgehead atoms. The zero-order valence-electron chi connectivity index (χ0n) is 16.2. The highest BCUT2D eigenvalue weighted by molar-refractivity contribution is 6.05. The number of nitriles is 1. The molecule has 1 aromatic carbocycles. The van der Waals surface area contributed by atoms with E-state index in [0.717, 1.165) is 25.7 Å². The number of hydrogen-bond acceptors (Lipinski definition) is 6. The molecule has 1 aliphatic heterocycles. The summed E-state index contributed by atoms with van der Waals surface area (Å²) in [6.45, 7) is 1.42. The molecule has 0 unspecified atom stereocenters. The van der Waals surface area contributed by atoms with Crippen LogP contribution in [0.2, 0.25) is 0 Å². The van der Waals surface area contributed by atoms with Crippen LogP contribution in [0.1, 0.15) is 44.6 Å². The fourth-order valence-electron chi connectivity index (χ4n) is 3.84. The summed E-state index contributed by atoms with van der Waals surface area (Å²) in [7, 11) is 0. The average Bonchev–Trinajstić information content (AvgIpc) is 2.97. The summed E-state index contributed by atoms with van der Waals surface area (Å²) in [5.74, 6) is -2.04. The molecule has 1 saturated carbocycles. The maximum Gasteiger partial charge on any atom is 0.308 e. The van der Waals surface area contributed by atoms with Crippen LogP contribution in [0.3, 0.4) is 0 Å². The molecule has 0 spiro atoms. The number of anilines is 1. The Morgan fingerprint density at radius 1 is 1.17 bits per heavy atom. The topological polar surface area (TPSA) is 117 Å². The number of fused-ring (bicyclic) bond motifs is 1. The fourth-order valence-corrected chi connectivity index (χ4v) is 3.84. The van der Waals surface area contributed by atoms with Gasteiger partial charge in [0, 0.05) is 12.2 Å². The number of ether oxygens (including phenoxy) is 1. The van der Waals surface area contributed by atoms with Crippen LogP contribution in [0.5, 0.6) is 0 Å². The molecule has 1 aliphatic carbocycles. The predicted molar refractivity (Wildman–Crippen MR) is 102 cm³/mol. The molecule has 2 fully saturated rings. The molecule has 0 radical (unpaired) electrons. The molecule has 0 aromatic heterocycles. The normalized spacial score (nSPS) is 21.9. The first-order chi connectivity index (χ1) is 13.9. The molecule has 152 valence electrons. The Hall–Kier alpha value is -3.21. The standard InChI is InChI=1S/C21H23N3O5/c1-13(19(26)23-15-8-6-14(12-22)7-9-15)29-18(25)10-11-24-20(27)16-4-2-3-5-17(16)21(24)28/h6-9,13,16-17H,2-5,10-11H2,1H3,(H,23,26)/t13-,16+,17+/m0/s1. The minimum Gasteiger partial charge on any atom is -0.452 e. The lowest BCUT2D eigenvalue weighted by Crippen LogP contribution is -2.35. The number of likely N-dealkylation sites (tertiary alicyclic amines) is 1. The number of nitrogens with one attached hydrogen (secondary N) is 1. The van der Waals surface area contributed by atoms with Gasteiger partial charge in [0.2, 0.25) is 11.8 Å². The van der Waals surface area contributed by atoms with Gasteiger partial charge in [0.25, 0.3) is 5.91 Å². The van der Waals surface area contributed by atoms with E-state index in [1.165, 1.54) is 11.8 Å². The third kappa shape index (κ3) is 4.62. The first-order valence-corrected chi connectivity index (χ1v) is 9.76. The third-order valence-electron chi connectivity index (χ3n) is 5.43. The van der Waals surface area contributed by atoms with E-state index in [9.17, 15) is 19.2 Å². The Morgan fingerprint density at radius 2 is 1.76 bits per heavy atom. The van der Waals surface area contributed by atoms with Crippen LogP contribution in [0.15, 0.2) is 24.3 Å². The molecular weight excluding hydrogens is 374 g/mol. The van der Waals surface area contributed by atoms with Crippen molar-refractivity contribution in [1.82, 2.24) is 4.90 Å². The van der Waals surface area contributed by atoms with Crippen molar-refractivity contribution in [2.45, 2.75) is 45.1 Å². The van der Waals surface area contributed by atoms with Crippen molar-refractivity contribution in [3.05, 3.63) is 29.8 Å². The Morgan fingerprint density at radius 3 is 2.31 bits per heavy atom. The molecule has 29 heavy (non-hydrogen) atoms. The molecule has 1 aromatic rings. The Bertz CT molecular complexity index is 834. The molecule has 3 rings (SSSR count). The molecule has 3 amide bonds. The summed E-state index contributed by atoms with van der Waals surface area (Å²) in [6, 6.07) is 8.27. The molecule has 8 nitrogen and oxygen atoms in total. The van der Waals surface area contributed by atoms with Gasteiger partial charge in [0.05, 0.1) is 29.9 Å². The van der Waals surface area contributed by atoms with Crippen molar-refractivity contribution in [3.8, 4) is 6.07 Å². The predicted octanol–water partition coefficient (Wildman–Crippen LogP) is 1.99. The van der Waals surface area contributed by atoms with Crippen LogP contribution in [-0.2, 0) is 23.9 Å². The largest absolute Gasteiger partial charge is 0.452 e. The third-order valence-corrected chi connectivity index (χ3v) is 5.43. The van der Waals surface area contributed by atoms with Crippen molar-refractivity contribution < 1.29 is 23.9 Å². The number of imide groups is 1. The van der Waals surface area contributed by atoms with E-state index >= 15 is 0 Å². The average molecular weight is 397 g/mol. The number of esters is 1. The van der Waals surface area contributed by atoms with E-state index in [4.69, 9.17) is 10.00 Å². The van der Waals surface area contributed by atoms with E-state index < -0.39 is 18.0 Å². The zero-order valence-corrected chi connectivity index (χ0v) is 16.2. The van der Waals surface area contributed by atoms with Gasteiger partial charge in [-0.05, 0) is 44.0 Å². The van der Waals surface area contributed by atoms with Gasteiger partial charge < -0.3 is 10.1 Å². The first-order valence-electron chi connectivity index (χ1n) is 9.76. The van der Waals surface area contributed by atoms with Gasteiger partial charge in [0.1, 0.15) is 0 Å². The van der Waals surface area contributed by atoms with Crippen molar-refractivity contribution in [2.75, 3.05) is 11.9 Å². The summed E-state index contributed by atoms with van der Waals surface area (Å²) >= 11 is 0. The number of nitrogens with zero attached hydrogens (tertiary/aromatic N) is 2. The maximum atomic E-state index is 12.4. The van der Waals surface area contributed by atoms with Crippen molar-refractivity contribution >= 4 is 29.4 Å². The van der Waals surface area contributed by atoms with Gasteiger partial charge >= 0.3 is 5.97 Å². The van der Waals surface area contributed by atoms with Crippen LogP contribution < -0.4 is 5.32 Å². The van der Waals surface area contributed by atoms with Crippen LogP contribution in [-0.4, -0.2) is 41.2 Å². The second-order valence-corrected chi connectivity index (χ2v) is 7.39. The minimum atomic E-state index is -1.04. The minimum absolute atomic E-state index is 0.0204. The van der Waals surface area contributed by atoms with Gasteiger partial charge in [-0.3, -0.25) is 24.1 Å². The van der Waals surface area contributed by atoms with Gasteiger partial charge in [0.15, 0.2) is 6.10 Å². The number of rotatable bonds is 6. The first kappa shape index (κ1) is 20.5. The van der Waals surface area contributed by atoms with E-state index in [0.29, 0.717) is 11.3 Å². The van der Waals surface area contributed by atoms with E-state index in [-0.39, 0.29) is 36.6 Å². The Kier molecular flexibility index (Phi) is 6.27. The zero-order chi connectivity index (χ0) is 21.0. The van der Waals surface area contributed by atoms with Crippen LogP contribution in [0, 0.1) is 23.2 Å². The molecular formula is C21H23N3O5. The summed E-state index contributed by atoms with van der Waals surface area (Å²) < 4.78 is 5.13. The number of carbonyl (C=O) groups is 4.